The zero-order valence-corrected chi connectivity index (χ0v) is 9.81. The van der Waals surface area contributed by atoms with E-state index in [-0.39, 0.29) is 5.92 Å². The van der Waals surface area contributed by atoms with Crippen molar-refractivity contribution < 1.29 is 19.4 Å². The summed E-state index contributed by atoms with van der Waals surface area (Å²) in [5.74, 6) is -1.79. The van der Waals surface area contributed by atoms with Gasteiger partial charge in [-0.15, -0.1) is 0 Å². The summed E-state index contributed by atoms with van der Waals surface area (Å²) in [5, 5.41) is 8.25. The molecule has 0 fully saturated rings. The summed E-state index contributed by atoms with van der Waals surface area (Å²) < 4.78 is 4.50. The van der Waals surface area contributed by atoms with Crippen molar-refractivity contribution in [3.63, 3.8) is 0 Å². The van der Waals surface area contributed by atoms with E-state index in [2.05, 4.69) is 17.9 Å². The molecule has 1 unspecified atom stereocenters. The molecule has 0 aliphatic carbocycles. The van der Waals surface area contributed by atoms with Gasteiger partial charge in [0.2, 0.25) is 0 Å². The number of halogens is 1. The maximum absolute atomic E-state index is 10.9. The lowest BCUT2D eigenvalue weighted by atomic mass is 10.1. The van der Waals surface area contributed by atoms with E-state index in [9.17, 15) is 9.59 Å². The fourth-order valence-electron chi connectivity index (χ4n) is 0.667. The SMILES string of the molecule is C=CCl.C=COC(=O)C(C)CC=CC(=O)O. The van der Waals surface area contributed by atoms with Crippen LogP contribution in [0.25, 0.3) is 0 Å². The zero-order valence-electron chi connectivity index (χ0n) is 9.06. The summed E-state index contributed by atoms with van der Waals surface area (Å²) in [6.07, 6.45) is 3.81. The van der Waals surface area contributed by atoms with E-state index in [0.29, 0.717) is 6.42 Å². The highest BCUT2D eigenvalue weighted by molar-refractivity contribution is 6.25. The van der Waals surface area contributed by atoms with Gasteiger partial charge in [0.1, 0.15) is 0 Å². The maximum Gasteiger partial charge on any atom is 0.327 e. The van der Waals surface area contributed by atoms with Gasteiger partial charge in [0.05, 0.1) is 12.2 Å². The molecule has 0 aliphatic heterocycles. The van der Waals surface area contributed by atoms with Crippen LogP contribution in [0, 0.1) is 5.92 Å². The maximum atomic E-state index is 10.9. The second kappa shape index (κ2) is 11.5. The molecule has 0 rings (SSSR count). The van der Waals surface area contributed by atoms with E-state index < -0.39 is 11.9 Å². The predicted octanol–water partition coefficient (Wildman–Crippen LogP) is 2.71. The van der Waals surface area contributed by atoms with E-state index >= 15 is 0 Å². The van der Waals surface area contributed by atoms with Gasteiger partial charge >= 0.3 is 11.9 Å². The molecule has 0 aliphatic rings. The molecule has 0 aromatic heterocycles. The van der Waals surface area contributed by atoms with E-state index in [4.69, 9.17) is 16.7 Å². The summed E-state index contributed by atoms with van der Waals surface area (Å²) in [5.41, 5.74) is 1.22. The van der Waals surface area contributed by atoms with Crippen LogP contribution in [0.5, 0.6) is 0 Å². The van der Waals surface area contributed by atoms with Crippen LogP contribution in [0.1, 0.15) is 13.3 Å². The molecule has 16 heavy (non-hydrogen) atoms. The first kappa shape index (κ1) is 16.9. The van der Waals surface area contributed by atoms with Crippen LogP contribution in [-0.4, -0.2) is 17.0 Å². The molecule has 0 saturated carbocycles. The molecule has 4 nitrogen and oxygen atoms in total. The molecular formula is C11H15ClO4. The first-order valence-corrected chi connectivity index (χ1v) is 4.85. The van der Waals surface area contributed by atoms with Crippen molar-refractivity contribution in [2.75, 3.05) is 0 Å². The third-order valence-corrected chi connectivity index (χ3v) is 1.35. The molecule has 0 aromatic rings. The van der Waals surface area contributed by atoms with Crippen molar-refractivity contribution in [1.29, 1.82) is 0 Å². The lowest BCUT2D eigenvalue weighted by Crippen LogP contribution is -2.11. The van der Waals surface area contributed by atoms with Gasteiger partial charge in [-0.1, -0.05) is 37.8 Å². The van der Waals surface area contributed by atoms with E-state index in [1.807, 2.05) is 0 Å². The molecule has 1 atom stereocenters. The van der Waals surface area contributed by atoms with Gasteiger partial charge in [0.15, 0.2) is 0 Å². The van der Waals surface area contributed by atoms with E-state index in [1.165, 1.54) is 11.6 Å². The number of carbonyl (C=O) groups is 2. The number of aliphatic carboxylic acids is 1. The Morgan fingerprint density at radius 1 is 1.50 bits per heavy atom. The molecule has 0 amide bonds. The number of allylic oxidation sites excluding steroid dienone is 1. The van der Waals surface area contributed by atoms with Gasteiger partial charge in [0, 0.05) is 6.08 Å². The van der Waals surface area contributed by atoms with Gasteiger partial charge in [0.25, 0.3) is 0 Å². The third kappa shape index (κ3) is 12.4. The molecule has 90 valence electrons. The van der Waals surface area contributed by atoms with Crippen molar-refractivity contribution in [3.05, 3.63) is 37.1 Å². The standard InChI is InChI=1S/C9H12O4.C2H3Cl/c1-3-13-9(12)7(2)5-4-6-8(10)11;1-2-3/h3-4,6-7H,1,5H2,2H3,(H,10,11);2H,1H2. The lowest BCUT2D eigenvalue weighted by molar-refractivity contribution is -0.142. The normalized spacial score (nSPS) is 10.9. The highest BCUT2D eigenvalue weighted by Crippen LogP contribution is 2.05. The Bertz CT molecular complexity index is 271. The molecular weight excluding hydrogens is 232 g/mol. The van der Waals surface area contributed by atoms with Crippen molar-refractivity contribution in [2.24, 2.45) is 5.92 Å². The Morgan fingerprint density at radius 3 is 2.38 bits per heavy atom. The van der Waals surface area contributed by atoms with Crippen LogP contribution in [0.3, 0.4) is 0 Å². The molecule has 0 bridgehead atoms. The van der Waals surface area contributed by atoms with Gasteiger partial charge in [-0.2, -0.15) is 0 Å². The molecule has 1 N–H and O–H groups in total. The number of esters is 1. The second-order valence-electron chi connectivity index (χ2n) is 2.64. The Balaban J connectivity index is 0. The second-order valence-corrected chi connectivity index (χ2v) is 2.94. The van der Waals surface area contributed by atoms with Crippen LogP contribution < -0.4 is 0 Å². The minimum Gasteiger partial charge on any atom is -0.478 e. The first-order valence-electron chi connectivity index (χ1n) is 4.41. The minimum atomic E-state index is -1.02. The van der Waals surface area contributed by atoms with Crippen molar-refractivity contribution in [2.45, 2.75) is 13.3 Å². The first-order chi connectivity index (χ1) is 7.49. The van der Waals surface area contributed by atoms with Gasteiger partial charge < -0.3 is 9.84 Å². The Hall–Kier alpha value is -1.55. The summed E-state index contributed by atoms with van der Waals surface area (Å²) in [7, 11) is 0. The Labute approximate surface area is 99.9 Å². The number of carboxylic acid groups (broad SMARTS) is 1. The molecule has 0 saturated heterocycles. The van der Waals surface area contributed by atoms with Gasteiger partial charge in [-0.05, 0) is 12.0 Å². The number of rotatable bonds is 5. The Kier molecular flexibility index (Phi) is 12.1. The molecule has 5 heteroatoms. The third-order valence-electron chi connectivity index (χ3n) is 1.35. The van der Waals surface area contributed by atoms with Crippen LogP contribution in [0.4, 0.5) is 0 Å². The quantitative estimate of drug-likeness (QED) is 0.460. The number of hydrogen-bond acceptors (Lipinski definition) is 3. The fourth-order valence-corrected chi connectivity index (χ4v) is 0.667. The van der Waals surface area contributed by atoms with Gasteiger partial charge in [-0.25, -0.2) is 4.79 Å². The topological polar surface area (TPSA) is 63.6 Å². The van der Waals surface area contributed by atoms with E-state index in [1.54, 1.807) is 6.92 Å². The highest BCUT2D eigenvalue weighted by atomic mass is 35.5. The minimum absolute atomic E-state index is 0.346. The molecule has 0 spiro atoms. The summed E-state index contributed by atoms with van der Waals surface area (Å²) >= 11 is 4.76. The lowest BCUT2D eigenvalue weighted by Gasteiger charge is -2.04. The van der Waals surface area contributed by atoms with Gasteiger partial charge in [-0.3, -0.25) is 4.79 Å². The molecule has 0 radical (unpaired) electrons. The summed E-state index contributed by atoms with van der Waals surface area (Å²) in [6, 6.07) is 0. The highest BCUT2D eigenvalue weighted by Gasteiger charge is 2.11. The largest absolute Gasteiger partial charge is 0.478 e. The molecule has 0 aromatic carbocycles. The number of carbonyl (C=O) groups excluding carboxylic acids is 1. The molecule has 0 heterocycles. The average molecular weight is 247 g/mol. The Morgan fingerprint density at radius 2 is 2.00 bits per heavy atom. The fraction of sp³-hybridized carbons (Fsp3) is 0.273. The number of carboxylic acids is 1. The predicted molar refractivity (Wildman–Crippen MR) is 62.9 cm³/mol. The van der Waals surface area contributed by atoms with Crippen LogP contribution in [0.2, 0.25) is 0 Å². The van der Waals surface area contributed by atoms with Crippen LogP contribution >= 0.6 is 11.6 Å². The zero-order chi connectivity index (χ0) is 13.0. The van der Waals surface area contributed by atoms with Crippen LogP contribution in [-0.2, 0) is 14.3 Å². The van der Waals surface area contributed by atoms with Crippen molar-refractivity contribution >= 4 is 23.5 Å². The smallest absolute Gasteiger partial charge is 0.327 e. The number of hydrogen-bond donors (Lipinski definition) is 1. The monoisotopic (exact) mass is 246 g/mol. The summed E-state index contributed by atoms with van der Waals surface area (Å²) in [4.78, 5) is 21.0. The van der Waals surface area contributed by atoms with Crippen LogP contribution in [0.15, 0.2) is 37.1 Å². The average Bonchev–Trinajstić information content (AvgIpc) is 2.18. The number of ether oxygens (including phenoxy) is 1. The van der Waals surface area contributed by atoms with Crippen molar-refractivity contribution in [1.82, 2.24) is 0 Å². The van der Waals surface area contributed by atoms with E-state index in [0.717, 1.165) is 12.3 Å². The summed E-state index contributed by atoms with van der Waals surface area (Å²) in [6.45, 7) is 8.01. The van der Waals surface area contributed by atoms with Crippen molar-refractivity contribution in [3.8, 4) is 0 Å².